The molecule has 0 spiro atoms. The lowest BCUT2D eigenvalue weighted by atomic mass is 10.3. The molecule has 1 aliphatic heterocycles. The summed E-state index contributed by atoms with van der Waals surface area (Å²) in [7, 11) is 0. The third-order valence-electron chi connectivity index (χ3n) is 1.46. The summed E-state index contributed by atoms with van der Waals surface area (Å²) in [5.74, 6) is 0.811. The van der Waals surface area contributed by atoms with Crippen LogP contribution < -0.4 is 9.47 Å². The van der Waals surface area contributed by atoms with E-state index in [1.54, 1.807) is 12.1 Å². The van der Waals surface area contributed by atoms with Crippen molar-refractivity contribution in [3.63, 3.8) is 0 Å². The fourth-order valence-electron chi connectivity index (χ4n) is 0.934. The molecule has 58 valence electrons. The Balaban J connectivity index is 2.62. The van der Waals surface area contributed by atoms with Gasteiger partial charge in [-0.15, -0.1) is 0 Å². The molecule has 0 atom stereocenters. The molecule has 3 nitrogen and oxygen atoms in total. The van der Waals surface area contributed by atoms with Crippen LogP contribution in [0.3, 0.4) is 0 Å². The van der Waals surface area contributed by atoms with Crippen molar-refractivity contribution >= 4 is 11.6 Å². The van der Waals surface area contributed by atoms with Gasteiger partial charge in [-0.2, -0.15) is 0 Å². The molecule has 2 rings (SSSR count). The second-order valence-electron chi connectivity index (χ2n) is 2.13. The van der Waals surface area contributed by atoms with Crippen LogP contribution in [0.15, 0.2) is 12.1 Å². The zero-order chi connectivity index (χ0) is 7.84. The van der Waals surface area contributed by atoms with Crippen molar-refractivity contribution < 1.29 is 14.6 Å². The summed E-state index contributed by atoms with van der Waals surface area (Å²) < 4.78 is 9.95. The Kier molecular flexibility index (Phi) is 1.32. The van der Waals surface area contributed by atoms with Crippen molar-refractivity contribution in [3.05, 3.63) is 17.2 Å². The van der Waals surface area contributed by atoms with Crippen molar-refractivity contribution in [2.24, 2.45) is 0 Å². The number of aromatic hydroxyl groups is 1. The highest BCUT2D eigenvalue weighted by Crippen LogP contribution is 2.44. The number of rotatable bonds is 0. The zero-order valence-corrected chi connectivity index (χ0v) is 6.26. The third kappa shape index (κ3) is 0.886. The quantitative estimate of drug-likeness (QED) is 0.648. The van der Waals surface area contributed by atoms with E-state index in [1.807, 2.05) is 0 Å². The number of ether oxygens (including phenoxy) is 2. The minimum Gasteiger partial charge on any atom is -0.503 e. The normalized spacial score (nSPS) is 13.5. The van der Waals surface area contributed by atoms with Crippen LogP contribution in [0, 0.1) is 0 Å². The molecule has 0 fully saturated rings. The first-order chi connectivity index (χ1) is 5.29. The molecule has 1 aromatic rings. The predicted molar refractivity (Wildman–Crippen MR) is 39.2 cm³/mol. The highest BCUT2D eigenvalue weighted by atomic mass is 35.5. The van der Waals surface area contributed by atoms with Crippen molar-refractivity contribution in [2.75, 3.05) is 6.79 Å². The fraction of sp³-hybridized carbons (Fsp3) is 0.143. The smallest absolute Gasteiger partial charge is 0.231 e. The Hall–Kier alpha value is -1.09. The van der Waals surface area contributed by atoms with Gasteiger partial charge in [0.15, 0.2) is 11.5 Å². The van der Waals surface area contributed by atoms with E-state index in [2.05, 4.69) is 0 Å². The van der Waals surface area contributed by atoms with Gasteiger partial charge < -0.3 is 14.6 Å². The Bertz CT molecular complexity index is 298. The molecule has 11 heavy (non-hydrogen) atoms. The van der Waals surface area contributed by atoms with E-state index < -0.39 is 0 Å². The maximum atomic E-state index is 9.28. The van der Waals surface area contributed by atoms with Crippen LogP contribution in [0.4, 0.5) is 0 Å². The summed E-state index contributed by atoms with van der Waals surface area (Å²) in [4.78, 5) is 0. The number of hydrogen-bond donors (Lipinski definition) is 1. The van der Waals surface area contributed by atoms with Crippen molar-refractivity contribution in [3.8, 4) is 17.2 Å². The van der Waals surface area contributed by atoms with E-state index in [0.29, 0.717) is 11.5 Å². The molecule has 1 N–H and O–H groups in total. The lowest BCUT2D eigenvalue weighted by molar-refractivity contribution is 0.171. The fourth-order valence-corrected chi connectivity index (χ4v) is 1.08. The monoisotopic (exact) mass is 172 g/mol. The van der Waals surface area contributed by atoms with Crippen LogP contribution in [0.5, 0.6) is 17.2 Å². The van der Waals surface area contributed by atoms with Crippen LogP contribution in [-0.4, -0.2) is 11.9 Å². The molecule has 0 bridgehead atoms. The van der Waals surface area contributed by atoms with Gasteiger partial charge in [0.2, 0.25) is 12.5 Å². The molecular formula is C7H5ClO3. The molecule has 0 radical (unpaired) electrons. The van der Waals surface area contributed by atoms with Gasteiger partial charge >= 0.3 is 0 Å². The first-order valence-corrected chi connectivity index (χ1v) is 3.44. The molecule has 0 amide bonds. The maximum Gasteiger partial charge on any atom is 0.231 e. The Morgan fingerprint density at radius 3 is 3.00 bits per heavy atom. The molecule has 0 saturated heterocycles. The van der Waals surface area contributed by atoms with Crippen LogP contribution in [0.2, 0.25) is 5.02 Å². The topological polar surface area (TPSA) is 38.7 Å². The lowest BCUT2D eigenvalue weighted by Crippen LogP contribution is -1.93. The van der Waals surface area contributed by atoms with Gasteiger partial charge in [0, 0.05) is 0 Å². The van der Waals surface area contributed by atoms with Crippen molar-refractivity contribution in [1.82, 2.24) is 0 Å². The standard InChI is InChI=1S/C7H5ClO3/c8-4-1-2-5-7(6(4)9)11-3-10-5/h1-2,9H,3H2. The average Bonchev–Trinajstić information content (AvgIpc) is 2.45. The zero-order valence-electron chi connectivity index (χ0n) is 5.50. The summed E-state index contributed by atoms with van der Waals surface area (Å²) in [6, 6.07) is 3.22. The van der Waals surface area contributed by atoms with Gasteiger partial charge in [-0.05, 0) is 12.1 Å². The van der Waals surface area contributed by atoms with E-state index in [-0.39, 0.29) is 17.6 Å². The van der Waals surface area contributed by atoms with Gasteiger partial charge in [0.25, 0.3) is 0 Å². The number of phenolic OH excluding ortho intramolecular Hbond substituents is 1. The average molecular weight is 173 g/mol. The second-order valence-corrected chi connectivity index (χ2v) is 2.54. The molecule has 4 heteroatoms. The first kappa shape index (κ1) is 6.61. The molecule has 0 aliphatic carbocycles. The van der Waals surface area contributed by atoms with Gasteiger partial charge in [-0.1, -0.05) is 11.6 Å². The SMILES string of the molecule is Oc1c(Cl)ccc2c1OCO2. The van der Waals surface area contributed by atoms with E-state index in [9.17, 15) is 5.11 Å². The number of halogens is 1. The van der Waals surface area contributed by atoms with Crippen molar-refractivity contribution in [1.29, 1.82) is 0 Å². The van der Waals surface area contributed by atoms with Crippen LogP contribution in [0.1, 0.15) is 0 Å². The van der Waals surface area contributed by atoms with Crippen LogP contribution in [0.25, 0.3) is 0 Å². The summed E-state index contributed by atoms with van der Waals surface area (Å²) in [6.07, 6.45) is 0. The minimum atomic E-state index is -0.0540. The molecule has 1 aliphatic rings. The summed E-state index contributed by atoms with van der Waals surface area (Å²) in [6.45, 7) is 0.142. The van der Waals surface area contributed by atoms with E-state index in [0.717, 1.165) is 0 Å². The molecular weight excluding hydrogens is 168 g/mol. The molecule has 1 heterocycles. The number of phenols is 1. The molecule has 0 unspecified atom stereocenters. The summed E-state index contributed by atoms with van der Waals surface area (Å²) in [5.41, 5.74) is 0. The molecule has 1 aromatic carbocycles. The Labute approximate surface area is 68.1 Å². The van der Waals surface area contributed by atoms with Crippen molar-refractivity contribution in [2.45, 2.75) is 0 Å². The van der Waals surface area contributed by atoms with Gasteiger partial charge in [-0.3, -0.25) is 0 Å². The highest BCUT2D eigenvalue weighted by molar-refractivity contribution is 6.32. The van der Waals surface area contributed by atoms with E-state index in [4.69, 9.17) is 21.1 Å². The van der Waals surface area contributed by atoms with E-state index in [1.165, 1.54) is 0 Å². The molecule has 0 saturated carbocycles. The summed E-state index contributed by atoms with van der Waals surface area (Å²) >= 11 is 5.61. The maximum absolute atomic E-state index is 9.28. The highest BCUT2D eigenvalue weighted by Gasteiger charge is 2.19. The summed E-state index contributed by atoms with van der Waals surface area (Å²) in [5, 5.41) is 9.55. The number of fused-ring (bicyclic) bond motifs is 1. The van der Waals surface area contributed by atoms with Crippen LogP contribution >= 0.6 is 11.6 Å². The lowest BCUT2D eigenvalue weighted by Gasteiger charge is -1.99. The molecule has 0 aromatic heterocycles. The first-order valence-electron chi connectivity index (χ1n) is 3.06. The minimum absolute atomic E-state index is 0.0540. The second kappa shape index (κ2) is 2.20. The number of hydrogen-bond acceptors (Lipinski definition) is 3. The van der Waals surface area contributed by atoms with Gasteiger partial charge in [-0.25, -0.2) is 0 Å². The number of benzene rings is 1. The van der Waals surface area contributed by atoms with Gasteiger partial charge in [0.1, 0.15) is 0 Å². The van der Waals surface area contributed by atoms with Crippen LogP contribution in [-0.2, 0) is 0 Å². The van der Waals surface area contributed by atoms with E-state index >= 15 is 0 Å². The van der Waals surface area contributed by atoms with Gasteiger partial charge in [0.05, 0.1) is 5.02 Å². The largest absolute Gasteiger partial charge is 0.503 e. The predicted octanol–water partition coefficient (Wildman–Crippen LogP) is 1.77. The Morgan fingerprint density at radius 1 is 1.36 bits per heavy atom. The third-order valence-corrected chi connectivity index (χ3v) is 1.77. The Morgan fingerprint density at radius 2 is 2.18 bits per heavy atom.